The molecule has 0 amide bonds. The summed E-state index contributed by atoms with van der Waals surface area (Å²) in [5, 5.41) is 61.5. The van der Waals surface area contributed by atoms with Crippen molar-refractivity contribution in [2.75, 3.05) is 6.61 Å². The van der Waals surface area contributed by atoms with Crippen molar-refractivity contribution in [3.05, 3.63) is 12.2 Å². The molecule has 0 aromatic rings. The second-order valence-electron chi connectivity index (χ2n) is 11.7. The SMILES string of the molecule is C=C1[C@@H]2CC[C@@H]3[C@]4(C)C[C@H](O[C@@H]5O[C@H](CO)[C@@H](O)[C@H](O)[C@H]5O)C[C@@H](C(=O)O)[C@H]4CC[C@]3(C2)[C@H]1O. The Bertz CT molecular complexity index is 831. The number of carbonyl (C=O) groups is 1. The van der Waals surface area contributed by atoms with Crippen LogP contribution in [0.5, 0.6) is 0 Å². The molecule has 0 unspecified atom stereocenters. The van der Waals surface area contributed by atoms with E-state index in [1.165, 1.54) is 0 Å². The largest absolute Gasteiger partial charge is 0.481 e. The Kier molecular flexibility index (Phi) is 6.16. The van der Waals surface area contributed by atoms with Gasteiger partial charge in [0.1, 0.15) is 24.4 Å². The first-order valence-electron chi connectivity index (χ1n) is 12.6. The highest BCUT2D eigenvalue weighted by molar-refractivity contribution is 5.71. The average molecular weight is 483 g/mol. The summed E-state index contributed by atoms with van der Waals surface area (Å²) in [5.41, 5.74) is 0.248. The van der Waals surface area contributed by atoms with E-state index in [-0.39, 0.29) is 23.7 Å². The number of aliphatic hydroxyl groups excluding tert-OH is 5. The third kappa shape index (κ3) is 3.43. The molecule has 4 aliphatic carbocycles. The van der Waals surface area contributed by atoms with Crippen LogP contribution in [0.4, 0.5) is 0 Å². The number of hydrogen-bond acceptors (Lipinski definition) is 8. The number of aliphatic hydroxyl groups is 5. The summed E-state index contributed by atoms with van der Waals surface area (Å²) in [5.74, 6) is -1.10. The Morgan fingerprint density at radius 1 is 1.12 bits per heavy atom. The number of carboxylic acids is 1. The molecule has 1 saturated heterocycles. The Balaban J connectivity index is 1.43. The quantitative estimate of drug-likeness (QED) is 0.247. The van der Waals surface area contributed by atoms with E-state index in [2.05, 4.69) is 13.5 Å². The number of fused-ring (bicyclic) bond motifs is 3. The summed E-state index contributed by atoms with van der Waals surface area (Å²) in [4.78, 5) is 12.4. The molecule has 9 nitrogen and oxygen atoms in total. The maximum Gasteiger partial charge on any atom is 0.306 e. The van der Waals surface area contributed by atoms with Gasteiger partial charge in [-0.05, 0) is 73.7 Å². The fourth-order valence-corrected chi connectivity index (χ4v) is 8.70. The predicted octanol–water partition coefficient (Wildman–Crippen LogP) is 0.416. The van der Waals surface area contributed by atoms with E-state index in [9.17, 15) is 35.4 Å². The van der Waals surface area contributed by atoms with Gasteiger partial charge in [-0.25, -0.2) is 0 Å². The Morgan fingerprint density at radius 3 is 2.53 bits per heavy atom. The van der Waals surface area contributed by atoms with Gasteiger partial charge in [0.2, 0.25) is 0 Å². The van der Waals surface area contributed by atoms with Gasteiger partial charge in [0.15, 0.2) is 6.29 Å². The molecule has 2 bridgehead atoms. The first kappa shape index (κ1) is 24.6. The fourth-order valence-electron chi connectivity index (χ4n) is 8.70. The van der Waals surface area contributed by atoms with Gasteiger partial charge in [0.25, 0.3) is 0 Å². The van der Waals surface area contributed by atoms with E-state index in [1.54, 1.807) is 0 Å². The molecule has 13 atom stereocenters. The van der Waals surface area contributed by atoms with Crippen LogP contribution in [0.15, 0.2) is 12.2 Å². The van der Waals surface area contributed by atoms with Gasteiger partial charge in [0.05, 0.1) is 24.7 Å². The van der Waals surface area contributed by atoms with Gasteiger partial charge in [-0.2, -0.15) is 0 Å². The molecule has 0 radical (unpaired) electrons. The third-order valence-corrected chi connectivity index (χ3v) is 10.3. The summed E-state index contributed by atoms with van der Waals surface area (Å²) in [6, 6.07) is 0. The molecule has 5 fully saturated rings. The summed E-state index contributed by atoms with van der Waals surface area (Å²) in [7, 11) is 0. The Labute approximate surface area is 199 Å². The van der Waals surface area contributed by atoms with Gasteiger partial charge in [-0.1, -0.05) is 13.5 Å². The lowest BCUT2D eigenvalue weighted by Gasteiger charge is -2.62. The van der Waals surface area contributed by atoms with Crippen molar-refractivity contribution in [2.45, 2.75) is 94.8 Å². The van der Waals surface area contributed by atoms with Crippen LogP contribution in [-0.2, 0) is 14.3 Å². The van der Waals surface area contributed by atoms with Gasteiger partial charge in [-0.3, -0.25) is 4.79 Å². The van der Waals surface area contributed by atoms with Crippen molar-refractivity contribution >= 4 is 5.97 Å². The van der Waals surface area contributed by atoms with Crippen LogP contribution in [0.25, 0.3) is 0 Å². The zero-order valence-electron chi connectivity index (χ0n) is 19.6. The van der Waals surface area contributed by atoms with Crippen molar-refractivity contribution in [1.29, 1.82) is 0 Å². The highest BCUT2D eigenvalue weighted by Gasteiger charge is 2.66. The highest BCUT2D eigenvalue weighted by atomic mass is 16.7. The van der Waals surface area contributed by atoms with E-state index < -0.39 is 66.8 Å². The van der Waals surface area contributed by atoms with Crippen molar-refractivity contribution < 1.29 is 44.9 Å². The van der Waals surface area contributed by atoms with Crippen LogP contribution in [0.2, 0.25) is 0 Å². The second kappa shape index (κ2) is 8.50. The lowest BCUT2D eigenvalue weighted by Crippen LogP contribution is -2.62. The van der Waals surface area contributed by atoms with Gasteiger partial charge < -0.3 is 40.1 Å². The number of aliphatic carboxylic acids is 1. The van der Waals surface area contributed by atoms with Crippen molar-refractivity contribution in [3.63, 3.8) is 0 Å². The maximum atomic E-state index is 12.4. The van der Waals surface area contributed by atoms with Crippen LogP contribution in [0, 0.1) is 34.5 Å². The second-order valence-corrected chi connectivity index (χ2v) is 11.7. The van der Waals surface area contributed by atoms with Crippen molar-refractivity contribution in [1.82, 2.24) is 0 Å². The van der Waals surface area contributed by atoms with E-state index in [0.717, 1.165) is 37.7 Å². The number of ether oxygens (including phenoxy) is 2. The normalized spacial score (nSPS) is 54.9. The lowest BCUT2D eigenvalue weighted by atomic mass is 9.43. The van der Waals surface area contributed by atoms with E-state index in [0.29, 0.717) is 12.3 Å². The number of hydrogen-bond donors (Lipinski definition) is 6. The summed E-state index contributed by atoms with van der Waals surface area (Å²) < 4.78 is 11.6. The molecular formula is C25H38O9. The molecule has 5 rings (SSSR count). The monoisotopic (exact) mass is 482 g/mol. The minimum absolute atomic E-state index is 0.0482. The Hall–Kier alpha value is -1.07. The van der Waals surface area contributed by atoms with Crippen LogP contribution < -0.4 is 0 Å². The summed E-state index contributed by atoms with van der Waals surface area (Å²) in [6.07, 6.45) is -2.98. The predicted molar refractivity (Wildman–Crippen MR) is 118 cm³/mol. The molecule has 1 spiro atoms. The van der Waals surface area contributed by atoms with E-state index in [4.69, 9.17) is 9.47 Å². The molecule has 5 aliphatic rings. The van der Waals surface area contributed by atoms with Crippen LogP contribution >= 0.6 is 0 Å². The van der Waals surface area contributed by atoms with E-state index in [1.807, 2.05) is 0 Å². The number of rotatable bonds is 4. The lowest BCUT2D eigenvalue weighted by molar-refractivity contribution is -0.319. The van der Waals surface area contributed by atoms with E-state index >= 15 is 0 Å². The molecule has 4 saturated carbocycles. The van der Waals surface area contributed by atoms with Crippen molar-refractivity contribution in [2.24, 2.45) is 34.5 Å². The Morgan fingerprint density at radius 2 is 1.85 bits per heavy atom. The maximum absolute atomic E-state index is 12.4. The zero-order chi connectivity index (χ0) is 24.6. The highest BCUT2D eigenvalue weighted by Crippen LogP contribution is 2.70. The van der Waals surface area contributed by atoms with Gasteiger partial charge >= 0.3 is 5.97 Å². The van der Waals surface area contributed by atoms with Gasteiger partial charge in [-0.15, -0.1) is 0 Å². The molecule has 6 N–H and O–H groups in total. The van der Waals surface area contributed by atoms with Gasteiger partial charge in [0, 0.05) is 5.41 Å². The molecule has 0 aromatic heterocycles. The first-order chi connectivity index (χ1) is 16.0. The summed E-state index contributed by atoms with van der Waals surface area (Å²) in [6.45, 7) is 5.76. The van der Waals surface area contributed by atoms with Crippen LogP contribution in [0.1, 0.15) is 51.9 Å². The minimum atomic E-state index is -1.55. The molecular weight excluding hydrogens is 444 g/mol. The van der Waals surface area contributed by atoms with Crippen LogP contribution in [-0.4, -0.2) is 86.1 Å². The molecule has 9 heteroatoms. The molecule has 34 heavy (non-hydrogen) atoms. The third-order valence-electron chi connectivity index (χ3n) is 10.3. The standard InChI is InChI=1S/C25H38O9/c1-11-12-3-4-17-24(2)9-13(33-23-20(29)19(28)18(27)16(10-26)34-23)7-14(22(31)32)15(24)5-6-25(17,8-12)21(11)30/h12-21,23,26-30H,1,3-10H2,2H3,(H,31,32)/t12-,13-,14-,15-,16-,17-,18-,19+,20-,21+,23-,24-,25-/m1/s1. The smallest absolute Gasteiger partial charge is 0.306 e. The molecule has 0 aromatic carbocycles. The molecule has 192 valence electrons. The van der Waals surface area contributed by atoms with Crippen molar-refractivity contribution in [3.8, 4) is 0 Å². The fraction of sp³-hybridized carbons (Fsp3) is 0.880. The molecule has 1 aliphatic heterocycles. The first-order valence-corrected chi connectivity index (χ1v) is 12.6. The average Bonchev–Trinajstić information content (AvgIpc) is 2.98. The van der Waals surface area contributed by atoms with Crippen LogP contribution in [0.3, 0.4) is 0 Å². The topological polar surface area (TPSA) is 157 Å². The zero-order valence-corrected chi connectivity index (χ0v) is 19.6. The number of carboxylic acid groups (broad SMARTS) is 1. The summed E-state index contributed by atoms with van der Waals surface area (Å²) >= 11 is 0. The minimum Gasteiger partial charge on any atom is -0.481 e. The molecule has 1 heterocycles.